The SMILES string of the molecule is Cc1cccc(-c2cnc(NC(=O)CN3CCC(CO)CC3)s2)c1. The summed E-state index contributed by atoms with van der Waals surface area (Å²) in [5, 5.41) is 12.7. The third-order valence-corrected chi connectivity index (χ3v) is 5.35. The van der Waals surface area contributed by atoms with Crippen molar-refractivity contribution in [2.45, 2.75) is 19.8 Å². The van der Waals surface area contributed by atoms with Gasteiger partial charge in [0.25, 0.3) is 0 Å². The maximum absolute atomic E-state index is 12.2. The fourth-order valence-electron chi connectivity index (χ4n) is 2.95. The van der Waals surface area contributed by atoms with E-state index in [1.807, 2.05) is 12.3 Å². The van der Waals surface area contributed by atoms with E-state index in [0.29, 0.717) is 17.6 Å². The fourth-order valence-corrected chi connectivity index (χ4v) is 3.78. The van der Waals surface area contributed by atoms with E-state index >= 15 is 0 Å². The molecule has 2 N–H and O–H groups in total. The standard InChI is InChI=1S/C18H23N3O2S/c1-13-3-2-4-15(9-13)16-10-19-18(24-16)20-17(23)11-21-7-5-14(12-22)6-8-21/h2-4,9-10,14,22H,5-8,11-12H2,1H3,(H,19,20,23). The van der Waals surface area contributed by atoms with Gasteiger partial charge in [0.15, 0.2) is 5.13 Å². The zero-order chi connectivity index (χ0) is 16.9. The molecule has 0 saturated carbocycles. The van der Waals surface area contributed by atoms with Gasteiger partial charge in [0.1, 0.15) is 0 Å². The molecule has 1 amide bonds. The highest BCUT2D eigenvalue weighted by Gasteiger charge is 2.20. The van der Waals surface area contributed by atoms with Crippen LogP contribution in [0.4, 0.5) is 5.13 Å². The van der Waals surface area contributed by atoms with Gasteiger partial charge in [0.2, 0.25) is 5.91 Å². The minimum atomic E-state index is -0.0254. The van der Waals surface area contributed by atoms with Crippen molar-refractivity contribution in [3.8, 4) is 10.4 Å². The minimum Gasteiger partial charge on any atom is -0.396 e. The zero-order valence-electron chi connectivity index (χ0n) is 13.9. The first-order valence-electron chi connectivity index (χ1n) is 8.30. The highest BCUT2D eigenvalue weighted by Crippen LogP contribution is 2.29. The number of aliphatic hydroxyl groups is 1. The predicted molar refractivity (Wildman–Crippen MR) is 97.2 cm³/mol. The van der Waals surface area contributed by atoms with E-state index in [9.17, 15) is 4.79 Å². The monoisotopic (exact) mass is 345 g/mol. The molecule has 3 rings (SSSR count). The molecule has 0 unspecified atom stereocenters. The van der Waals surface area contributed by atoms with Crippen LogP contribution in [0.25, 0.3) is 10.4 Å². The number of benzene rings is 1. The molecule has 0 bridgehead atoms. The molecule has 128 valence electrons. The van der Waals surface area contributed by atoms with Crippen LogP contribution in [0, 0.1) is 12.8 Å². The number of carbonyl (C=O) groups is 1. The Bertz CT molecular complexity index is 693. The molecule has 0 radical (unpaired) electrons. The first-order valence-corrected chi connectivity index (χ1v) is 9.11. The summed E-state index contributed by atoms with van der Waals surface area (Å²) in [6, 6.07) is 8.26. The number of nitrogens with zero attached hydrogens (tertiary/aromatic N) is 2. The van der Waals surface area contributed by atoms with E-state index in [4.69, 9.17) is 5.11 Å². The summed E-state index contributed by atoms with van der Waals surface area (Å²) >= 11 is 1.49. The second kappa shape index (κ2) is 7.88. The largest absolute Gasteiger partial charge is 0.396 e. The number of nitrogens with one attached hydrogen (secondary N) is 1. The predicted octanol–water partition coefficient (Wildman–Crippen LogP) is 2.76. The second-order valence-electron chi connectivity index (χ2n) is 6.35. The van der Waals surface area contributed by atoms with Crippen molar-refractivity contribution in [1.82, 2.24) is 9.88 Å². The van der Waals surface area contributed by atoms with Gasteiger partial charge in [0.05, 0.1) is 11.4 Å². The van der Waals surface area contributed by atoms with Crippen molar-refractivity contribution in [3.63, 3.8) is 0 Å². The Morgan fingerprint density at radius 3 is 2.92 bits per heavy atom. The Hall–Kier alpha value is -1.76. The lowest BCUT2D eigenvalue weighted by molar-refractivity contribution is -0.117. The molecule has 24 heavy (non-hydrogen) atoms. The van der Waals surface area contributed by atoms with Gasteiger partial charge in [-0.1, -0.05) is 41.2 Å². The van der Waals surface area contributed by atoms with Crippen LogP contribution in [0.3, 0.4) is 0 Å². The van der Waals surface area contributed by atoms with Crippen LogP contribution in [0.1, 0.15) is 18.4 Å². The normalized spacial score (nSPS) is 16.2. The molecule has 0 atom stereocenters. The summed E-state index contributed by atoms with van der Waals surface area (Å²) in [4.78, 5) is 19.7. The summed E-state index contributed by atoms with van der Waals surface area (Å²) in [6.45, 7) is 4.43. The molecule has 0 aliphatic carbocycles. The fraction of sp³-hybridized carbons (Fsp3) is 0.444. The Labute approximate surface area is 146 Å². The van der Waals surface area contributed by atoms with Crippen molar-refractivity contribution in [2.24, 2.45) is 5.92 Å². The lowest BCUT2D eigenvalue weighted by Crippen LogP contribution is -2.39. The number of piperidine rings is 1. The average molecular weight is 345 g/mol. The smallest absolute Gasteiger partial charge is 0.240 e. The van der Waals surface area contributed by atoms with Gasteiger partial charge in [-0.2, -0.15) is 0 Å². The molecule has 1 aromatic heterocycles. The minimum absolute atomic E-state index is 0.0254. The van der Waals surface area contributed by atoms with E-state index in [-0.39, 0.29) is 12.5 Å². The van der Waals surface area contributed by atoms with Gasteiger partial charge in [-0.3, -0.25) is 9.69 Å². The van der Waals surface area contributed by atoms with Gasteiger partial charge in [-0.25, -0.2) is 4.98 Å². The topological polar surface area (TPSA) is 65.5 Å². The number of likely N-dealkylation sites (tertiary alicyclic amines) is 1. The summed E-state index contributed by atoms with van der Waals surface area (Å²) in [5.41, 5.74) is 2.33. The number of thiazole rings is 1. The number of hydrogen-bond donors (Lipinski definition) is 2. The van der Waals surface area contributed by atoms with E-state index < -0.39 is 0 Å². The Morgan fingerprint density at radius 2 is 2.21 bits per heavy atom. The maximum atomic E-state index is 12.2. The highest BCUT2D eigenvalue weighted by molar-refractivity contribution is 7.19. The summed E-state index contributed by atoms with van der Waals surface area (Å²) in [6.07, 6.45) is 3.72. The van der Waals surface area contributed by atoms with Crippen LogP contribution < -0.4 is 5.32 Å². The molecule has 2 aromatic rings. The number of anilines is 1. The molecule has 0 spiro atoms. The zero-order valence-corrected chi connectivity index (χ0v) is 14.7. The van der Waals surface area contributed by atoms with Crippen LogP contribution in [0.2, 0.25) is 0 Å². The number of aliphatic hydroxyl groups excluding tert-OH is 1. The van der Waals surface area contributed by atoms with E-state index in [1.165, 1.54) is 16.9 Å². The molecule has 2 heterocycles. The molecular weight excluding hydrogens is 322 g/mol. The molecule has 1 aromatic carbocycles. The van der Waals surface area contributed by atoms with Gasteiger partial charge in [-0.15, -0.1) is 0 Å². The number of aromatic nitrogens is 1. The quantitative estimate of drug-likeness (QED) is 0.874. The third kappa shape index (κ3) is 4.41. The molecule has 5 nitrogen and oxygen atoms in total. The van der Waals surface area contributed by atoms with Crippen molar-refractivity contribution >= 4 is 22.4 Å². The Balaban J connectivity index is 1.54. The highest BCUT2D eigenvalue weighted by atomic mass is 32.1. The number of carbonyl (C=O) groups excluding carboxylic acids is 1. The second-order valence-corrected chi connectivity index (χ2v) is 7.38. The lowest BCUT2D eigenvalue weighted by atomic mass is 9.98. The number of hydrogen-bond acceptors (Lipinski definition) is 5. The molecular formula is C18H23N3O2S. The maximum Gasteiger partial charge on any atom is 0.240 e. The van der Waals surface area contributed by atoms with Gasteiger partial charge >= 0.3 is 0 Å². The number of aryl methyl sites for hydroxylation is 1. The third-order valence-electron chi connectivity index (χ3n) is 4.39. The molecule has 1 fully saturated rings. The van der Waals surface area contributed by atoms with Crippen LogP contribution in [0.5, 0.6) is 0 Å². The van der Waals surface area contributed by atoms with Crippen LogP contribution in [0.15, 0.2) is 30.5 Å². The van der Waals surface area contributed by atoms with E-state index in [2.05, 4.69) is 40.3 Å². The van der Waals surface area contributed by atoms with Crippen molar-refractivity contribution < 1.29 is 9.90 Å². The van der Waals surface area contributed by atoms with Crippen LogP contribution in [-0.2, 0) is 4.79 Å². The Morgan fingerprint density at radius 1 is 1.42 bits per heavy atom. The van der Waals surface area contributed by atoms with Gasteiger partial charge in [0, 0.05) is 12.8 Å². The molecule has 1 aliphatic heterocycles. The van der Waals surface area contributed by atoms with E-state index in [0.717, 1.165) is 36.4 Å². The molecule has 6 heteroatoms. The molecule has 1 aliphatic rings. The van der Waals surface area contributed by atoms with Gasteiger partial charge in [-0.05, 0) is 44.3 Å². The first kappa shape index (κ1) is 17.1. The lowest BCUT2D eigenvalue weighted by Gasteiger charge is -2.30. The van der Waals surface area contributed by atoms with Crippen molar-refractivity contribution in [2.75, 3.05) is 31.6 Å². The first-order chi connectivity index (χ1) is 11.6. The average Bonchev–Trinajstić information content (AvgIpc) is 3.04. The van der Waals surface area contributed by atoms with Crippen molar-refractivity contribution in [1.29, 1.82) is 0 Å². The summed E-state index contributed by atoms with van der Waals surface area (Å²) < 4.78 is 0. The molecule has 1 saturated heterocycles. The number of rotatable bonds is 5. The van der Waals surface area contributed by atoms with E-state index in [1.54, 1.807) is 0 Å². The number of amides is 1. The van der Waals surface area contributed by atoms with Crippen LogP contribution >= 0.6 is 11.3 Å². The van der Waals surface area contributed by atoms with Crippen molar-refractivity contribution in [3.05, 3.63) is 36.0 Å². The van der Waals surface area contributed by atoms with Gasteiger partial charge < -0.3 is 10.4 Å². The summed E-state index contributed by atoms with van der Waals surface area (Å²) in [5.74, 6) is 0.364. The van der Waals surface area contributed by atoms with Crippen LogP contribution in [-0.4, -0.2) is 47.1 Å². The summed E-state index contributed by atoms with van der Waals surface area (Å²) in [7, 11) is 0. The Kier molecular flexibility index (Phi) is 5.60.